The Bertz CT molecular complexity index is 3490. The van der Waals surface area contributed by atoms with E-state index in [0.717, 1.165) is 61.2 Å². The van der Waals surface area contributed by atoms with Crippen molar-refractivity contribution in [3.8, 4) is 45.1 Å². The lowest BCUT2D eigenvalue weighted by Crippen LogP contribution is -1.98. The SMILES string of the molecule is c1ccc(-c2nc(-c3ccccc3)c3c(n2)oc2ccc(-c4ccc5c(c4)c4ccc6c7ccccc7n(-c7ccccc7)c6c4n5-c4ccccc4)cc23)cc1. The maximum atomic E-state index is 6.50. The zero-order chi connectivity index (χ0) is 37.5. The predicted octanol–water partition coefficient (Wildman–Crippen LogP) is 13.6. The minimum atomic E-state index is 0.578. The average Bonchev–Trinajstić information content (AvgIpc) is 3.94. The van der Waals surface area contributed by atoms with E-state index in [4.69, 9.17) is 14.4 Å². The summed E-state index contributed by atoms with van der Waals surface area (Å²) in [4.78, 5) is 10.1. The molecule has 0 atom stereocenters. The van der Waals surface area contributed by atoms with Gasteiger partial charge in [-0.2, -0.15) is 4.98 Å². The van der Waals surface area contributed by atoms with Crippen molar-refractivity contribution in [1.82, 2.24) is 19.1 Å². The zero-order valence-corrected chi connectivity index (χ0v) is 30.7. The third-order valence-electron chi connectivity index (χ3n) is 11.3. The maximum Gasteiger partial charge on any atom is 0.231 e. The molecule has 0 saturated carbocycles. The second-order valence-corrected chi connectivity index (χ2v) is 14.6. The van der Waals surface area contributed by atoms with E-state index in [2.05, 4.69) is 155 Å². The van der Waals surface area contributed by atoms with Crippen molar-refractivity contribution in [2.45, 2.75) is 0 Å². The number of hydrogen-bond acceptors (Lipinski definition) is 3. The Kier molecular flexibility index (Phi) is 6.86. The highest BCUT2D eigenvalue weighted by Crippen LogP contribution is 2.44. The summed E-state index contributed by atoms with van der Waals surface area (Å²) in [5.74, 6) is 0.641. The van der Waals surface area contributed by atoms with Crippen LogP contribution in [0.4, 0.5) is 0 Å². The third kappa shape index (κ3) is 4.82. The molecule has 0 fully saturated rings. The molecule has 4 heterocycles. The number of furan rings is 1. The molecule has 0 aliphatic rings. The summed E-state index contributed by atoms with van der Waals surface area (Å²) in [6, 6.07) is 68.6. The summed E-state index contributed by atoms with van der Waals surface area (Å²) in [6.45, 7) is 0. The molecule has 0 aliphatic heterocycles. The van der Waals surface area contributed by atoms with Crippen molar-refractivity contribution in [2.24, 2.45) is 0 Å². The normalized spacial score (nSPS) is 11.9. The summed E-state index contributed by atoms with van der Waals surface area (Å²) in [6.07, 6.45) is 0. The molecule has 4 aromatic heterocycles. The van der Waals surface area contributed by atoms with Gasteiger partial charge in [-0.05, 0) is 65.7 Å². The van der Waals surface area contributed by atoms with Gasteiger partial charge in [-0.1, -0.05) is 140 Å². The number of aromatic nitrogens is 4. The summed E-state index contributed by atoms with van der Waals surface area (Å²) < 4.78 is 11.4. The molecular weight excluding hydrogens is 697 g/mol. The lowest BCUT2D eigenvalue weighted by molar-refractivity contribution is 0.653. The van der Waals surface area contributed by atoms with Crippen LogP contribution in [0, 0.1) is 0 Å². The summed E-state index contributed by atoms with van der Waals surface area (Å²) in [5.41, 5.74) is 13.4. The molecule has 0 amide bonds. The van der Waals surface area contributed by atoms with Gasteiger partial charge in [0.2, 0.25) is 5.71 Å². The van der Waals surface area contributed by atoms with E-state index in [1.54, 1.807) is 0 Å². The smallest absolute Gasteiger partial charge is 0.231 e. The van der Waals surface area contributed by atoms with Gasteiger partial charge in [-0.3, -0.25) is 0 Å². The molecule has 8 aromatic carbocycles. The molecule has 5 heteroatoms. The Morgan fingerprint density at radius 1 is 0.368 bits per heavy atom. The molecule has 5 nitrogen and oxygen atoms in total. The third-order valence-corrected chi connectivity index (χ3v) is 11.3. The molecule has 266 valence electrons. The van der Waals surface area contributed by atoms with Crippen LogP contribution in [0.1, 0.15) is 0 Å². The van der Waals surface area contributed by atoms with Gasteiger partial charge in [0.1, 0.15) is 5.58 Å². The first-order valence-corrected chi connectivity index (χ1v) is 19.3. The van der Waals surface area contributed by atoms with Crippen molar-refractivity contribution in [1.29, 1.82) is 0 Å². The Morgan fingerprint density at radius 3 is 1.56 bits per heavy atom. The maximum absolute atomic E-state index is 6.50. The van der Waals surface area contributed by atoms with E-state index >= 15 is 0 Å². The van der Waals surface area contributed by atoms with Crippen LogP contribution >= 0.6 is 0 Å². The largest absolute Gasteiger partial charge is 0.438 e. The van der Waals surface area contributed by atoms with Crippen molar-refractivity contribution >= 4 is 65.7 Å². The summed E-state index contributed by atoms with van der Waals surface area (Å²) in [5, 5.41) is 6.75. The molecule has 0 unspecified atom stereocenters. The number of rotatable bonds is 5. The number of benzene rings is 8. The molecule has 0 radical (unpaired) electrons. The Balaban J connectivity index is 1.12. The zero-order valence-electron chi connectivity index (χ0n) is 30.7. The van der Waals surface area contributed by atoms with Crippen LogP contribution < -0.4 is 0 Å². The van der Waals surface area contributed by atoms with Gasteiger partial charge in [-0.25, -0.2) is 4.98 Å². The number of nitrogens with zero attached hydrogens (tertiary/aromatic N) is 4. The summed E-state index contributed by atoms with van der Waals surface area (Å²) in [7, 11) is 0. The van der Waals surface area contributed by atoms with Crippen molar-refractivity contribution in [3.63, 3.8) is 0 Å². The van der Waals surface area contributed by atoms with Crippen LogP contribution in [-0.2, 0) is 0 Å². The second-order valence-electron chi connectivity index (χ2n) is 14.6. The van der Waals surface area contributed by atoms with Gasteiger partial charge in [0.15, 0.2) is 5.82 Å². The highest BCUT2D eigenvalue weighted by atomic mass is 16.3. The predicted molar refractivity (Wildman–Crippen MR) is 234 cm³/mol. The molecule has 12 rings (SSSR count). The van der Waals surface area contributed by atoms with Crippen LogP contribution in [0.15, 0.2) is 199 Å². The Hall–Kier alpha value is -7.76. The average molecular weight is 729 g/mol. The number of para-hydroxylation sites is 3. The van der Waals surface area contributed by atoms with Gasteiger partial charge in [0.25, 0.3) is 0 Å². The van der Waals surface area contributed by atoms with Crippen LogP contribution in [0.2, 0.25) is 0 Å². The van der Waals surface area contributed by atoms with E-state index in [-0.39, 0.29) is 0 Å². The monoisotopic (exact) mass is 728 g/mol. The van der Waals surface area contributed by atoms with Crippen molar-refractivity contribution in [2.75, 3.05) is 0 Å². The molecule has 0 N–H and O–H groups in total. The fourth-order valence-corrected chi connectivity index (χ4v) is 8.80. The standard InChI is InChI=1S/C52H32N4O/c1-5-15-33(16-6-1)48-47-43-32-36(26-30-46(43)57-52(47)54-51(53-48)34-17-7-2-8-18-34)35-25-29-45-42(31-35)41-28-27-40-39-23-13-14-24-44(39)55(37-19-9-3-10-20-37)49(40)50(41)56(45)38-21-11-4-12-22-38/h1-32H. The molecule has 0 bridgehead atoms. The summed E-state index contributed by atoms with van der Waals surface area (Å²) >= 11 is 0. The molecule has 0 saturated heterocycles. The minimum Gasteiger partial charge on any atom is -0.438 e. The number of fused-ring (bicyclic) bond motifs is 10. The van der Waals surface area contributed by atoms with Crippen LogP contribution in [0.5, 0.6) is 0 Å². The van der Waals surface area contributed by atoms with Gasteiger partial charge in [0, 0.05) is 49.4 Å². The highest BCUT2D eigenvalue weighted by Gasteiger charge is 2.23. The van der Waals surface area contributed by atoms with Gasteiger partial charge in [0.05, 0.1) is 33.1 Å². The lowest BCUT2D eigenvalue weighted by Gasteiger charge is -2.12. The first-order chi connectivity index (χ1) is 28.3. The Morgan fingerprint density at radius 2 is 0.895 bits per heavy atom. The minimum absolute atomic E-state index is 0.578. The fraction of sp³-hybridized carbons (Fsp3) is 0. The molecule has 57 heavy (non-hydrogen) atoms. The number of hydrogen-bond donors (Lipinski definition) is 0. The molecular formula is C52H32N4O. The molecule has 0 spiro atoms. The van der Waals surface area contributed by atoms with E-state index < -0.39 is 0 Å². The highest BCUT2D eigenvalue weighted by molar-refractivity contribution is 6.24. The fourth-order valence-electron chi connectivity index (χ4n) is 8.80. The van der Waals surface area contributed by atoms with Gasteiger partial charge in [-0.15, -0.1) is 0 Å². The topological polar surface area (TPSA) is 48.8 Å². The Labute approximate surface area is 327 Å². The quantitative estimate of drug-likeness (QED) is 0.177. The van der Waals surface area contributed by atoms with Crippen LogP contribution in [0.25, 0.3) is 111 Å². The lowest BCUT2D eigenvalue weighted by atomic mass is 9.99. The van der Waals surface area contributed by atoms with Gasteiger partial charge >= 0.3 is 0 Å². The van der Waals surface area contributed by atoms with E-state index in [1.807, 2.05) is 48.5 Å². The van der Waals surface area contributed by atoms with E-state index in [0.29, 0.717) is 11.5 Å². The van der Waals surface area contributed by atoms with E-state index in [9.17, 15) is 0 Å². The second kappa shape index (κ2) is 12.4. The molecule has 12 aromatic rings. The van der Waals surface area contributed by atoms with Crippen LogP contribution in [-0.4, -0.2) is 19.1 Å². The first kappa shape index (κ1) is 31.6. The van der Waals surface area contributed by atoms with Crippen molar-refractivity contribution in [3.05, 3.63) is 194 Å². The first-order valence-electron chi connectivity index (χ1n) is 19.3. The van der Waals surface area contributed by atoms with Gasteiger partial charge < -0.3 is 13.6 Å². The van der Waals surface area contributed by atoms with Crippen molar-refractivity contribution < 1.29 is 4.42 Å². The molecule has 0 aliphatic carbocycles. The van der Waals surface area contributed by atoms with E-state index in [1.165, 1.54) is 38.1 Å². The van der Waals surface area contributed by atoms with Crippen LogP contribution in [0.3, 0.4) is 0 Å².